The first-order chi connectivity index (χ1) is 7.24. The van der Waals surface area contributed by atoms with Crippen LogP contribution in [-0.4, -0.2) is 13.1 Å². The van der Waals surface area contributed by atoms with Crippen molar-refractivity contribution in [2.45, 2.75) is 19.9 Å². The summed E-state index contributed by atoms with van der Waals surface area (Å²) in [7, 11) is 0. The SMILES string of the molecule is CCC1CN(c2ccc(F)cc2CN)C1. The Labute approximate surface area is 89.9 Å². The third kappa shape index (κ3) is 1.97. The van der Waals surface area contributed by atoms with E-state index in [4.69, 9.17) is 5.73 Å². The van der Waals surface area contributed by atoms with Crippen LogP contribution < -0.4 is 10.6 Å². The molecule has 0 atom stereocenters. The first kappa shape index (κ1) is 10.4. The molecule has 2 nitrogen and oxygen atoms in total. The fourth-order valence-corrected chi connectivity index (χ4v) is 2.05. The van der Waals surface area contributed by atoms with E-state index in [-0.39, 0.29) is 5.82 Å². The molecule has 1 saturated heterocycles. The van der Waals surface area contributed by atoms with Crippen LogP contribution in [0.5, 0.6) is 0 Å². The summed E-state index contributed by atoms with van der Waals surface area (Å²) in [4.78, 5) is 2.27. The van der Waals surface area contributed by atoms with E-state index in [1.54, 1.807) is 0 Å². The fraction of sp³-hybridized carbons (Fsp3) is 0.500. The molecule has 0 aromatic heterocycles. The molecule has 1 fully saturated rings. The Morgan fingerprint density at radius 1 is 1.47 bits per heavy atom. The van der Waals surface area contributed by atoms with E-state index in [0.29, 0.717) is 6.54 Å². The second-order valence-electron chi connectivity index (χ2n) is 4.16. The van der Waals surface area contributed by atoms with E-state index >= 15 is 0 Å². The lowest BCUT2D eigenvalue weighted by molar-refractivity contribution is 0.398. The predicted molar refractivity (Wildman–Crippen MR) is 60.3 cm³/mol. The number of halogens is 1. The predicted octanol–water partition coefficient (Wildman–Crippen LogP) is 2.13. The van der Waals surface area contributed by atoms with Gasteiger partial charge in [-0.3, -0.25) is 0 Å². The van der Waals surface area contributed by atoms with Gasteiger partial charge in [0.25, 0.3) is 0 Å². The highest BCUT2D eigenvalue weighted by molar-refractivity contribution is 5.55. The summed E-state index contributed by atoms with van der Waals surface area (Å²) in [6.07, 6.45) is 1.22. The number of nitrogens with two attached hydrogens (primary N) is 1. The molecule has 0 aliphatic carbocycles. The van der Waals surface area contributed by atoms with Gasteiger partial charge in [-0.15, -0.1) is 0 Å². The van der Waals surface area contributed by atoms with Gasteiger partial charge in [0.15, 0.2) is 0 Å². The Balaban J connectivity index is 2.15. The summed E-state index contributed by atoms with van der Waals surface area (Å²) in [6.45, 7) is 4.77. The molecule has 1 aliphatic heterocycles. The molecule has 1 aromatic carbocycles. The topological polar surface area (TPSA) is 29.3 Å². The molecule has 0 amide bonds. The maximum Gasteiger partial charge on any atom is 0.123 e. The van der Waals surface area contributed by atoms with E-state index in [1.165, 1.54) is 18.6 Å². The van der Waals surface area contributed by atoms with Gasteiger partial charge in [-0.25, -0.2) is 4.39 Å². The molecule has 0 radical (unpaired) electrons. The van der Waals surface area contributed by atoms with Crippen molar-refractivity contribution in [1.29, 1.82) is 0 Å². The number of hydrogen-bond acceptors (Lipinski definition) is 2. The van der Waals surface area contributed by atoms with Crippen LogP contribution in [-0.2, 0) is 6.54 Å². The van der Waals surface area contributed by atoms with Crippen LogP contribution in [0.25, 0.3) is 0 Å². The third-order valence-corrected chi connectivity index (χ3v) is 3.14. The van der Waals surface area contributed by atoms with Crippen LogP contribution in [0.15, 0.2) is 18.2 Å². The minimum Gasteiger partial charge on any atom is -0.371 e. The van der Waals surface area contributed by atoms with Crippen LogP contribution in [0.3, 0.4) is 0 Å². The zero-order valence-electron chi connectivity index (χ0n) is 9.04. The molecule has 0 unspecified atom stereocenters. The van der Waals surface area contributed by atoms with Crippen LogP contribution >= 0.6 is 0 Å². The Kier molecular flexibility index (Phi) is 2.91. The molecule has 1 aromatic rings. The molecular weight excluding hydrogens is 191 g/mol. The largest absolute Gasteiger partial charge is 0.371 e. The molecule has 0 spiro atoms. The van der Waals surface area contributed by atoms with Gasteiger partial charge in [-0.05, 0) is 36.1 Å². The van der Waals surface area contributed by atoms with Crippen molar-refractivity contribution in [3.8, 4) is 0 Å². The summed E-state index contributed by atoms with van der Waals surface area (Å²) in [5.74, 6) is 0.590. The average molecular weight is 208 g/mol. The summed E-state index contributed by atoms with van der Waals surface area (Å²) >= 11 is 0. The first-order valence-electron chi connectivity index (χ1n) is 5.48. The molecule has 82 valence electrons. The molecule has 0 bridgehead atoms. The quantitative estimate of drug-likeness (QED) is 0.824. The van der Waals surface area contributed by atoms with Crippen LogP contribution in [0.4, 0.5) is 10.1 Å². The van der Waals surface area contributed by atoms with Crippen molar-refractivity contribution in [1.82, 2.24) is 0 Å². The molecule has 2 rings (SSSR count). The van der Waals surface area contributed by atoms with Crippen LogP contribution in [0.2, 0.25) is 0 Å². The normalized spacial score (nSPS) is 16.6. The highest BCUT2D eigenvalue weighted by atomic mass is 19.1. The van der Waals surface area contributed by atoms with E-state index in [2.05, 4.69) is 11.8 Å². The van der Waals surface area contributed by atoms with Gasteiger partial charge >= 0.3 is 0 Å². The summed E-state index contributed by atoms with van der Waals surface area (Å²) in [6, 6.07) is 4.88. The lowest BCUT2D eigenvalue weighted by Gasteiger charge is -2.41. The van der Waals surface area contributed by atoms with Gasteiger partial charge in [0.1, 0.15) is 5.82 Å². The smallest absolute Gasteiger partial charge is 0.123 e. The molecule has 0 saturated carbocycles. The maximum atomic E-state index is 13.0. The summed E-state index contributed by atoms with van der Waals surface area (Å²) in [5.41, 5.74) is 7.62. The zero-order valence-corrected chi connectivity index (χ0v) is 9.04. The van der Waals surface area contributed by atoms with Gasteiger partial charge in [-0.2, -0.15) is 0 Å². The molecular formula is C12H17FN2. The zero-order chi connectivity index (χ0) is 10.8. The van der Waals surface area contributed by atoms with Crippen molar-refractivity contribution in [2.24, 2.45) is 11.7 Å². The average Bonchev–Trinajstić information content (AvgIpc) is 2.18. The van der Waals surface area contributed by atoms with Gasteiger partial charge in [0.05, 0.1) is 0 Å². The Morgan fingerprint density at radius 3 is 2.80 bits per heavy atom. The molecule has 15 heavy (non-hydrogen) atoms. The van der Waals surface area contributed by atoms with Crippen molar-refractivity contribution < 1.29 is 4.39 Å². The highest BCUT2D eigenvalue weighted by Crippen LogP contribution is 2.29. The Hall–Kier alpha value is -1.09. The van der Waals surface area contributed by atoms with E-state index in [9.17, 15) is 4.39 Å². The number of benzene rings is 1. The van der Waals surface area contributed by atoms with Crippen LogP contribution in [0.1, 0.15) is 18.9 Å². The first-order valence-corrected chi connectivity index (χ1v) is 5.48. The highest BCUT2D eigenvalue weighted by Gasteiger charge is 2.26. The van der Waals surface area contributed by atoms with E-state index < -0.39 is 0 Å². The maximum absolute atomic E-state index is 13.0. The monoisotopic (exact) mass is 208 g/mol. The fourth-order valence-electron chi connectivity index (χ4n) is 2.05. The number of hydrogen-bond donors (Lipinski definition) is 1. The number of anilines is 1. The Morgan fingerprint density at radius 2 is 2.20 bits per heavy atom. The van der Waals surface area contributed by atoms with Gasteiger partial charge < -0.3 is 10.6 Å². The van der Waals surface area contributed by atoms with Crippen molar-refractivity contribution in [3.63, 3.8) is 0 Å². The molecule has 3 heteroatoms. The molecule has 2 N–H and O–H groups in total. The van der Waals surface area contributed by atoms with Gasteiger partial charge in [0, 0.05) is 25.3 Å². The van der Waals surface area contributed by atoms with E-state index in [1.807, 2.05) is 6.07 Å². The second kappa shape index (κ2) is 4.19. The van der Waals surface area contributed by atoms with Crippen molar-refractivity contribution in [3.05, 3.63) is 29.6 Å². The lowest BCUT2D eigenvalue weighted by atomic mass is 9.95. The minimum absolute atomic E-state index is 0.202. The lowest BCUT2D eigenvalue weighted by Crippen LogP contribution is -2.46. The van der Waals surface area contributed by atoms with Crippen LogP contribution in [0, 0.1) is 11.7 Å². The van der Waals surface area contributed by atoms with E-state index in [0.717, 1.165) is 30.3 Å². The summed E-state index contributed by atoms with van der Waals surface area (Å²) < 4.78 is 13.0. The third-order valence-electron chi connectivity index (χ3n) is 3.14. The standard InChI is InChI=1S/C12H17FN2/c1-2-9-7-15(8-9)12-4-3-11(13)5-10(12)6-14/h3-5,9H,2,6-8,14H2,1H3. The molecule has 1 heterocycles. The summed E-state index contributed by atoms with van der Waals surface area (Å²) in [5, 5.41) is 0. The Bertz CT molecular complexity index is 345. The van der Waals surface area contributed by atoms with Crippen molar-refractivity contribution in [2.75, 3.05) is 18.0 Å². The number of nitrogens with zero attached hydrogens (tertiary/aromatic N) is 1. The second-order valence-corrected chi connectivity index (χ2v) is 4.16. The minimum atomic E-state index is -0.202. The van der Waals surface area contributed by atoms with Gasteiger partial charge in [-0.1, -0.05) is 6.92 Å². The number of rotatable bonds is 3. The van der Waals surface area contributed by atoms with Gasteiger partial charge in [0.2, 0.25) is 0 Å². The van der Waals surface area contributed by atoms with Crippen molar-refractivity contribution >= 4 is 5.69 Å². The molecule has 1 aliphatic rings.